The summed E-state index contributed by atoms with van der Waals surface area (Å²) >= 11 is 0. The maximum atomic E-state index is 13.5. The Labute approximate surface area is 231 Å². The Morgan fingerprint density at radius 3 is 2.44 bits per heavy atom. The lowest BCUT2D eigenvalue weighted by Crippen LogP contribution is -2.75. The topological polar surface area (TPSA) is 179 Å². The summed E-state index contributed by atoms with van der Waals surface area (Å²) in [5, 5.41) is 11.5. The first-order chi connectivity index (χ1) is 19.3. The molecule has 0 saturated heterocycles. The fourth-order valence-corrected chi connectivity index (χ4v) is 4.82. The van der Waals surface area contributed by atoms with Gasteiger partial charge >= 0.3 is 12.3 Å². The average Bonchev–Trinajstić information content (AvgIpc) is 2.90. The summed E-state index contributed by atoms with van der Waals surface area (Å²) in [5.41, 5.74) is 9.61. The zero-order valence-corrected chi connectivity index (χ0v) is 21.6. The third-order valence-electron chi connectivity index (χ3n) is 6.76. The van der Waals surface area contributed by atoms with E-state index in [4.69, 9.17) is 26.0 Å². The van der Waals surface area contributed by atoms with Crippen LogP contribution in [0.3, 0.4) is 0 Å². The smallest absolute Gasteiger partial charge is 0.497 e. The molecule has 218 valence electrons. The van der Waals surface area contributed by atoms with Crippen molar-refractivity contribution in [1.29, 1.82) is 0 Å². The van der Waals surface area contributed by atoms with Gasteiger partial charge in [0.15, 0.2) is 5.41 Å². The Morgan fingerprint density at radius 1 is 1.17 bits per heavy atom. The van der Waals surface area contributed by atoms with Crippen LogP contribution in [0.4, 0.5) is 18.0 Å². The Hall–Kier alpha value is -4.79. The highest BCUT2D eigenvalue weighted by atomic mass is 19.4. The van der Waals surface area contributed by atoms with Crippen LogP contribution in [0.25, 0.3) is 0 Å². The summed E-state index contributed by atoms with van der Waals surface area (Å²) in [6.07, 6.45) is -3.78. The van der Waals surface area contributed by atoms with Gasteiger partial charge in [-0.15, -0.1) is 0 Å². The minimum Gasteiger partial charge on any atom is -0.497 e. The van der Waals surface area contributed by atoms with Crippen molar-refractivity contribution in [2.45, 2.75) is 31.2 Å². The van der Waals surface area contributed by atoms with Gasteiger partial charge in [-0.1, -0.05) is 12.1 Å². The van der Waals surface area contributed by atoms with Gasteiger partial charge in [-0.05, 0) is 42.3 Å². The highest BCUT2D eigenvalue weighted by molar-refractivity contribution is 6.07. The Morgan fingerprint density at radius 2 is 1.85 bits per heavy atom. The monoisotopic (exact) mass is 577 g/mol. The number of halogens is 3. The van der Waals surface area contributed by atoms with Crippen LogP contribution in [-0.2, 0) is 27.0 Å². The second-order valence-corrected chi connectivity index (χ2v) is 9.34. The molecule has 2 aromatic carbocycles. The number of aliphatic imine (C=N–C) groups is 1. The molecule has 2 amide bonds. The van der Waals surface area contributed by atoms with Gasteiger partial charge < -0.3 is 41.0 Å². The maximum Gasteiger partial charge on any atom is 0.511 e. The number of ether oxygens (including phenoxy) is 3. The van der Waals surface area contributed by atoms with Crippen LogP contribution in [-0.4, -0.2) is 60.1 Å². The number of nitrogens with two attached hydrogens (primary N) is 2. The van der Waals surface area contributed by atoms with Crippen LogP contribution in [0.15, 0.2) is 59.4 Å². The zero-order chi connectivity index (χ0) is 29.9. The first-order valence-corrected chi connectivity index (χ1v) is 12.1. The predicted molar refractivity (Wildman–Crippen MR) is 137 cm³/mol. The van der Waals surface area contributed by atoms with Crippen molar-refractivity contribution < 1.29 is 46.9 Å². The molecule has 0 spiro atoms. The van der Waals surface area contributed by atoms with Crippen molar-refractivity contribution in [3.05, 3.63) is 65.6 Å². The van der Waals surface area contributed by atoms with Crippen LogP contribution in [0, 0.1) is 5.41 Å². The fraction of sp³-hybridized carbons (Fsp3) is 0.308. The molecule has 6 N–H and O–H groups in total. The first-order valence-electron chi connectivity index (χ1n) is 12.1. The summed E-state index contributed by atoms with van der Waals surface area (Å²) in [6, 6.07) is 7.67. The summed E-state index contributed by atoms with van der Waals surface area (Å²) in [6.45, 7) is -0.157. The SMILES string of the molecule is COc1ccc(Oc2ccc(CNC(=O)C3(C(N)=O)CC(N)C3N3C=NC=C(OC(=O)O)C3)cc2)c(C(F)(F)F)c1. The lowest BCUT2D eigenvalue weighted by Gasteiger charge is -2.54. The van der Waals surface area contributed by atoms with Crippen LogP contribution in [0.1, 0.15) is 17.5 Å². The van der Waals surface area contributed by atoms with E-state index in [0.717, 1.165) is 12.1 Å². The summed E-state index contributed by atoms with van der Waals surface area (Å²) in [5.74, 6) is -1.92. The number of methoxy groups -OCH3 is 1. The van der Waals surface area contributed by atoms with Gasteiger partial charge in [0.1, 0.15) is 28.6 Å². The van der Waals surface area contributed by atoms with Gasteiger partial charge in [0.25, 0.3) is 0 Å². The highest BCUT2D eigenvalue weighted by Crippen LogP contribution is 2.44. The molecule has 1 heterocycles. The molecule has 0 radical (unpaired) electrons. The standard InChI is InChI=1S/C26H26F3N5O7/c1-39-16-6-7-20(18(8-16)26(27,28)29)40-15-4-2-14(3-5-15)10-33-23(36)25(22(31)35)9-19(30)21(25)34-12-17(11-32-13-34)41-24(37)38/h2-8,11,13,19,21H,9-10,12,30H2,1H3,(H2,31,35)(H,33,36)(H,37,38). The molecule has 1 saturated carbocycles. The molecule has 3 unspecified atom stereocenters. The largest absolute Gasteiger partial charge is 0.511 e. The van der Waals surface area contributed by atoms with Crippen molar-refractivity contribution in [3.63, 3.8) is 0 Å². The molecule has 0 aromatic heterocycles. The Bertz CT molecular complexity index is 1400. The van der Waals surface area contributed by atoms with Gasteiger partial charge in [-0.3, -0.25) is 9.59 Å². The van der Waals surface area contributed by atoms with Gasteiger partial charge in [-0.25, -0.2) is 9.79 Å². The molecule has 12 nitrogen and oxygen atoms in total. The number of nitrogens with zero attached hydrogens (tertiary/aromatic N) is 2. The number of hydrogen-bond donors (Lipinski definition) is 4. The predicted octanol–water partition coefficient (Wildman–Crippen LogP) is 2.57. The molecule has 1 aliphatic heterocycles. The number of carboxylic acid groups (broad SMARTS) is 1. The maximum absolute atomic E-state index is 13.5. The molecule has 4 rings (SSSR count). The molecular formula is C26H26F3N5O7. The average molecular weight is 578 g/mol. The van der Waals surface area contributed by atoms with E-state index in [1.165, 1.54) is 54.9 Å². The Balaban J connectivity index is 1.44. The summed E-state index contributed by atoms with van der Waals surface area (Å²) in [7, 11) is 1.25. The molecule has 41 heavy (non-hydrogen) atoms. The minimum atomic E-state index is -4.67. The van der Waals surface area contributed by atoms with E-state index in [2.05, 4.69) is 15.0 Å². The number of carbonyl (C=O) groups excluding carboxylic acids is 2. The number of primary amides is 1. The van der Waals surface area contributed by atoms with Gasteiger partial charge in [0.2, 0.25) is 11.8 Å². The van der Waals surface area contributed by atoms with Crippen molar-refractivity contribution in [1.82, 2.24) is 10.2 Å². The van der Waals surface area contributed by atoms with E-state index in [9.17, 15) is 27.6 Å². The molecule has 15 heteroatoms. The third-order valence-corrected chi connectivity index (χ3v) is 6.76. The molecule has 1 aliphatic carbocycles. The second-order valence-electron chi connectivity index (χ2n) is 9.34. The van der Waals surface area contributed by atoms with Gasteiger partial charge in [0, 0.05) is 12.6 Å². The van der Waals surface area contributed by atoms with E-state index in [1.807, 2.05) is 0 Å². The number of carbonyl (C=O) groups is 3. The molecular weight excluding hydrogens is 551 g/mol. The number of hydrogen-bond acceptors (Lipinski definition) is 9. The summed E-state index contributed by atoms with van der Waals surface area (Å²) < 4.78 is 55.4. The first kappa shape index (κ1) is 29.2. The molecule has 1 fully saturated rings. The second kappa shape index (κ2) is 11.4. The molecule has 3 atom stereocenters. The van der Waals surface area contributed by atoms with E-state index in [1.54, 1.807) is 0 Å². The van der Waals surface area contributed by atoms with Crippen LogP contribution < -0.4 is 26.3 Å². The normalized spacial score (nSPS) is 21.8. The zero-order valence-electron chi connectivity index (χ0n) is 21.6. The fourth-order valence-electron chi connectivity index (χ4n) is 4.82. The van der Waals surface area contributed by atoms with E-state index in [-0.39, 0.29) is 36.8 Å². The van der Waals surface area contributed by atoms with E-state index < -0.39 is 53.0 Å². The number of nitrogens with one attached hydrogen (secondary N) is 1. The summed E-state index contributed by atoms with van der Waals surface area (Å²) in [4.78, 5) is 42.1. The molecule has 2 aliphatic rings. The number of benzene rings is 2. The van der Waals surface area contributed by atoms with Crippen molar-refractivity contribution in [2.75, 3.05) is 13.7 Å². The van der Waals surface area contributed by atoms with Crippen molar-refractivity contribution in [3.8, 4) is 17.2 Å². The molecule has 0 bridgehead atoms. The lowest BCUT2D eigenvalue weighted by molar-refractivity contribution is -0.156. The van der Waals surface area contributed by atoms with E-state index in [0.29, 0.717) is 5.56 Å². The van der Waals surface area contributed by atoms with Crippen LogP contribution in [0.5, 0.6) is 17.2 Å². The third kappa shape index (κ3) is 6.04. The quantitative estimate of drug-likeness (QED) is 0.257. The molecule has 2 aromatic rings. The van der Waals surface area contributed by atoms with Gasteiger partial charge in [-0.2, -0.15) is 13.2 Å². The number of alkyl halides is 3. The Kier molecular flexibility index (Phi) is 8.10. The lowest BCUT2D eigenvalue weighted by atomic mass is 9.59. The van der Waals surface area contributed by atoms with Gasteiger partial charge in [0.05, 0.1) is 32.2 Å². The minimum absolute atomic E-state index is 0.0252. The van der Waals surface area contributed by atoms with Crippen molar-refractivity contribution >= 4 is 24.3 Å². The number of rotatable bonds is 9. The highest BCUT2D eigenvalue weighted by Gasteiger charge is 2.64. The van der Waals surface area contributed by atoms with Crippen LogP contribution >= 0.6 is 0 Å². The van der Waals surface area contributed by atoms with Crippen LogP contribution in [0.2, 0.25) is 0 Å². The van der Waals surface area contributed by atoms with Crippen molar-refractivity contribution in [2.24, 2.45) is 21.9 Å². The van der Waals surface area contributed by atoms with E-state index >= 15 is 0 Å². The number of amides is 2.